The minimum absolute atomic E-state index is 0.0593. The van der Waals surface area contributed by atoms with Crippen LogP contribution in [0.2, 0.25) is 0 Å². The minimum atomic E-state index is -0.0603. The largest absolute Gasteiger partial charge is 0.354 e. The summed E-state index contributed by atoms with van der Waals surface area (Å²) in [4.78, 5) is 11.2. The van der Waals surface area contributed by atoms with Crippen molar-refractivity contribution >= 4 is 18.5 Å². The molecule has 60 valence electrons. The van der Waals surface area contributed by atoms with E-state index in [1.807, 2.05) is 24.3 Å². The lowest BCUT2D eigenvalue weighted by Crippen LogP contribution is -2.29. The molecule has 0 heterocycles. The second-order valence-electron chi connectivity index (χ2n) is 2.31. The van der Waals surface area contributed by atoms with E-state index in [0.717, 1.165) is 0 Å². The maximum absolute atomic E-state index is 11.2. The second kappa shape index (κ2) is 4.23. The summed E-state index contributed by atoms with van der Waals surface area (Å²) in [5, 5.41) is 2.76. The van der Waals surface area contributed by atoms with Crippen LogP contribution in [0.15, 0.2) is 24.3 Å². The summed E-state index contributed by atoms with van der Waals surface area (Å²) in [5.41, 5.74) is 0. The van der Waals surface area contributed by atoms with E-state index in [1.54, 1.807) is 0 Å². The first kappa shape index (κ1) is 8.40. The van der Waals surface area contributed by atoms with Crippen molar-refractivity contribution in [2.45, 2.75) is 0 Å². The maximum atomic E-state index is 11.2. The Morgan fingerprint density at radius 3 is 2.64 bits per heavy atom. The first-order valence-corrected chi connectivity index (χ1v) is 4.21. The van der Waals surface area contributed by atoms with Crippen LogP contribution in [0.1, 0.15) is 0 Å². The van der Waals surface area contributed by atoms with Crippen molar-refractivity contribution in [3.8, 4) is 0 Å². The molecule has 1 aliphatic carbocycles. The minimum Gasteiger partial charge on any atom is -0.354 e. The third kappa shape index (κ3) is 2.42. The molecular formula is C8H11NOS. The standard InChI is InChI=1S/C8H11NOS/c10-8(9-5-6-11)7-3-1-2-4-7/h1-4,7,11H,5-6H2,(H,9,10). The van der Waals surface area contributed by atoms with Crippen LogP contribution >= 0.6 is 12.6 Å². The number of allylic oxidation sites excluding steroid dienone is 2. The van der Waals surface area contributed by atoms with Crippen molar-refractivity contribution in [3.05, 3.63) is 24.3 Å². The lowest BCUT2D eigenvalue weighted by atomic mass is 10.1. The lowest BCUT2D eigenvalue weighted by molar-refractivity contribution is -0.122. The van der Waals surface area contributed by atoms with Gasteiger partial charge in [-0.25, -0.2) is 0 Å². The number of nitrogens with one attached hydrogen (secondary N) is 1. The SMILES string of the molecule is O=C(NCCS)C1C=CC=C1. The Hall–Kier alpha value is -0.700. The molecule has 0 aliphatic heterocycles. The smallest absolute Gasteiger partial charge is 0.230 e. The molecule has 1 N–H and O–H groups in total. The van der Waals surface area contributed by atoms with E-state index in [1.165, 1.54) is 0 Å². The number of thiol groups is 1. The van der Waals surface area contributed by atoms with Crippen LogP contribution in [-0.2, 0) is 4.79 Å². The van der Waals surface area contributed by atoms with Gasteiger partial charge >= 0.3 is 0 Å². The Morgan fingerprint density at radius 1 is 1.45 bits per heavy atom. The molecule has 3 heteroatoms. The van der Waals surface area contributed by atoms with Crippen LogP contribution in [0.25, 0.3) is 0 Å². The zero-order valence-electron chi connectivity index (χ0n) is 6.16. The van der Waals surface area contributed by atoms with Crippen molar-refractivity contribution in [2.24, 2.45) is 5.92 Å². The first-order valence-electron chi connectivity index (χ1n) is 3.58. The van der Waals surface area contributed by atoms with Gasteiger partial charge in [-0.05, 0) is 0 Å². The van der Waals surface area contributed by atoms with Gasteiger partial charge in [0.2, 0.25) is 5.91 Å². The third-order valence-corrected chi connectivity index (χ3v) is 1.69. The van der Waals surface area contributed by atoms with Crippen molar-refractivity contribution in [1.82, 2.24) is 5.32 Å². The Bertz CT molecular complexity index is 186. The predicted molar refractivity (Wildman–Crippen MR) is 48.6 cm³/mol. The van der Waals surface area contributed by atoms with Crippen molar-refractivity contribution in [2.75, 3.05) is 12.3 Å². The highest BCUT2D eigenvalue weighted by Gasteiger charge is 2.12. The Labute approximate surface area is 71.8 Å². The Kier molecular flexibility index (Phi) is 3.23. The average Bonchev–Trinajstić information content (AvgIpc) is 2.52. The molecule has 2 nitrogen and oxygen atoms in total. The Balaban J connectivity index is 2.30. The molecule has 0 saturated carbocycles. The van der Waals surface area contributed by atoms with Crippen LogP contribution in [-0.4, -0.2) is 18.2 Å². The van der Waals surface area contributed by atoms with Gasteiger partial charge < -0.3 is 5.32 Å². The molecule has 0 atom stereocenters. The molecule has 0 bridgehead atoms. The number of hydrogen-bond acceptors (Lipinski definition) is 2. The molecule has 0 aromatic carbocycles. The molecule has 0 saturated heterocycles. The fourth-order valence-corrected chi connectivity index (χ4v) is 1.02. The van der Waals surface area contributed by atoms with E-state index in [4.69, 9.17) is 0 Å². The lowest BCUT2D eigenvalue weighted by Gasteiger charge is -2.05. The molecule has 0 aromatic heterocycles. The number of carbonyl (C=O) groups is 1. The van der Waals surface area contributed by atoms with E-state index >= 15 is 0 Å². The fraction of sp³-hybridized carbons (Fsp3) is 0.375. The summed E-state index contributed by atoms with van der Waals surface area (Å²) in [6.45, 7) is 0.639. The summed E-state index contributed by atoms with van der Waals surface area (Å²) < 4.78 is 0. The van der Waals surface area contributed by atoms with Crippen LogP contribution in [0.5, 0.6) is 0 Å². The highest BCUT2D eigenvalue weighted by Crippen LogP contribution is 2.07. The molecule has 0 fully saturated rings. The molecule has 1 amide bonds. The topological polar surface area (TPSA) is 29.1 Å². The van der Waals surface area contributed by atoms with Gasteiger partial charge in [-0.15, -0.1) is 0 Å². The number of carbonyl (C=O) groups excluding carboxylic acids is 1. The number of hydrogen-bond donors (Lipinski definition) is 2. The zero-order valence-corrected chi connectivity index (χ0v) is 7.05. The fourth-order valence-electron chi connectivity index (χ4n) is 0.904. The van der Waals surface area contributed by atoms with Gasteiger partial charge in [-0.1, -0.05) is 24.3 Å². The maximum Gasteiger partial charge on any atom is 0.230 e. The van der Waals surface area contributed by atoms with Crippen LogP contribution < -0.4 is 5.32 Å². The van der Waals surface area contributed by atoms with E-state index in [0.29, 0.717) is 12.3 Å². The summed E-state index contributed by atoms with van der Waals surface area (Å²) >= 11 is 3.99. The van der Waals surface area contributed by atoms with Crippen LogP contribution in [0, 0.1) is 5.92 Å². The highest BCUT2D eigenvalue weighted by molar-refractivity contribution is 7.80. The molecule has 0 unspecified atom stereocenters. The zero-order chi connectivity index (χ0) is 8.10. The van der Waals surface area contributed by atoms with Crippen molar-refractivity contribution in [1.29, 1.82) is 0 Å². The average molecular weight is 169 g/mol. The van der Waals surface area contributed by atoms with Crippen molar-refractivity contribution < 1.29 is 4.79 Å². The van der Waals surface area contributed by atoms with Gasteiger partial charge in [-0.3, -0.25) is 4.79 Å². The van der Waals surface area contributed by atoms with Crippen molar-refractivity contribution in [3.63, 3.8) is 0 Å². The van der Waals surface area contributed by atoms with E-state index in [2.05, 4.69) is 17.9 Å². The number of amides is 1. The third-order valence-electron chi connectivity index (χ3n) is 1.46. The molecule has 0 aromatic rings. The quantitative estimate of drug-likeness (QED) is 0.600. The van der Waals surface area contributed by atoms with Crippen LogP contribution in [0.4, 0.5) is 0 Å². The van der Waals surface area contributed by atoms with E-state index in [9.17, 15) is 4.79 Å². The van der Waals surface area contributed by atoms with Gasteiger partial charge in [0, 0.05) is 12.3 Å². The first-order chi connectivity index (χ1) is 5.34. The van der Waals surface area contributed by atoms with Gasteiger partial charge in [0.15, 0.2) is 0 Å². The monoisotopic (exact) mass is 169 g/mol. The van der Waals surface area contributed by atoms with Gasteiger partial charge in [-0.2, -0.15) is 12.6 Å². The molecule has 1 aliphatic rings. The summed E-state index contributed by atoms with van der Waals surface area (Å²) in [6, 6.07) is 0. The molecule has 1 rings (SSSR count). The van der Waals surface area contributed by atoms with Gasteiger partial charge in [0.1, 0.15) is 0 Å². The molecule has 11 heavy (non-hydrogen) atoms. The van der Waals surface area contributed by atoms with E-state index in [-0.39, 0.29) is 11.8 Å². The normalized spacial score (nSPS) is 15.7. The van der Waals surface area contributed by atoms with Crippen LogP contribution in [0.3, 0.4) is 0 Å². The second-order valence-corrected chi connectivity index (χ2v) is 2.76. The summed E-state index contributed by atoms with van der Waals surface area (Å²) in [5.74, 6) is 0.685. The summed E-state index contributed by atoms with van der Waals surface area (Å²) in [6.07, 6.45) is 7.50. The predicted octanol–water partition coefficient (Wildman–Crippen LogP) is 0.775. The number of rotatable bonds is 3. The summed E-state index contributed by atoms with van der Waals surface area (Å²) in [7, 11) is 0. The Morgan fingerprint density at radius 2 is 2.09 bits per heavy atom. The molecule has 0 spiro atoms. The van der Waals surface area contributed by atoms with Gasteiger partial charge in [0.25, 0.3) is 0 Å². The molecular weight excluding hydrogens is 158 g/mol. The van der Waals surface area contributed by atoms with Gasteiger partial charge in [0.05, 0.1) is 5.92 Å². The highest BCUT2D eigenvalue weighted by atomic mass is 32.1. The molecule has 0 radical (unpaired) electrons. The van der Waals surface area contributed by atoms with E-state index < -0.39 is 0 Å².